The van der Waals surface area contributed by atoms with Gasteiger partial charge in [-0.05, 0) is 30.3 Å². The summed E-state index contributed by atoms with van der Waals surface area (Å²) in [6.45, 7) is 2.60. The molecule has 2 heterocycles. The Bertz CT molecular complexity index is 572. The van der Waals surface area contributed by atoms with Gasteiger partial charge in [0, 0.05) is 12.6 Å². The van der Waals surface area contributed by atoms with E-state index in [1.54, 1.807) is 0 Å². The highest BCUT2D eigenvalue weighted by molar-refractivity contribution is 7.99. The first-order valence-electron chi connectivity index (χ1n) is 5.30. The van der Waals surface area contributed by atoms with Gasteiger partial charge in [0.1, 0.15) is 11.6 Å². The summed E-state index contributed by atoms with van der Waals surface area (Å²) in [5, 5.41) is 3.75. The number of nitrogen functional groups attached to an aromatic ring is 2. The first kappa shape index (κ1) is 13.6. The van der Waals surface area contributed by atoms with Gasteiger partial charge in [0.2, 0.25) is 16.4 Å². The highest BCUT2D eigenvalue weighted by Crippen LogP contribution is 2.24. The van der Waals surface area contributed by atoms with Gasteiger partial charge in [-0.1, -0.05) is 0 Å². The molecule has 2 aromatic heterocycles. The Morgan fingerprint density at radius 3 is 2.37 bits per heavy atom. The summed E-state index contributed by atoms with van der Waals surface area (Å²) in [5.41, 5.74) is 11.2. The first-order valence-corrected chi connectivity index (χ1v) is 6.49. The van der Waals surface area contributed by atoms with Crippen LogP contribution >= 0.6 is 23.4 Å². The topological polar surface area (TPSA) is 129 Å². The molecule has 0 spiro atoms. The van der Waals surface area contributed by atoms with Gasteiger partial charge in [0.15, 0.2) is 5.16 Å². The first-order chi connectivity index (χ1) is 9.06. The van der Waals surface area contributed by atoms with Crippen molar-refractivity contribution in [3.05, 3.63) is 11.3 Å². The number of anilines is 3. The lowest BCUT2D eigenvalue weighted by atomic mass is 10.5. The fourth-order valence-corrected chi connectivity index (χ4v) is 2.14. The predicted octanol–water partition coefficient (Wildman–Crippen LogP) is 1.06. The normalized spacial score (nSPS) is 10.4. The molecule has 0 amide bonds. The third kappa shape index (κ3) is 3.80. The molecule has 10 heteroatoms. The summed E-state index contributed by atoms with van der Waals surface area (Å²) >= 11 is 6.91. The summed E-state index contributed by atoms with van der Waals surface area (Å²) in [6, 6.07) is 1.47. The second kappa shape index (κ2) is 5.85. The van der Waals surface area contributed by atoms with E-state index in [1.807, 2.05) is 6.92 Å². The van der Waals surface area contributed by atoms with Crippen LogP contribution in [0.5, 0.6) is 0 Å². The summed E-state index contributed by atoms with van der Waals surface area (Å²) in [6.07, 6.45) is 0. The maximum Gasteiger partial charge on any atom is 0.228 e. The second-order valence-corrected chi connectivity index (χ2v) is 4.62. The monoisotopic (exact) mass is 298 g/mol. The highest BCUT2D eigenvalue weighted by Gasteiger charge is 2.09. The Balaban J connectivity index is 2.27. The van der Waals surface area contributed by atoms with Crippen molar-refractivity contribution in [2.75, 3.05) is 23.3 Å². The Morgan fingerprint density at radius 2 is 1.74 bits per heavy atom. The minimum Gasteiger partial charge on any atom is -0.383 e. The molecule has 0 fully saturated rings. The van der Waals surface area contributed by atoms with Crippen molar-refractivity contribution in [3.63, 3.8) is 0 Å². The van der Waals surface area contributed by atoms with E-state index < -0.39 is 0 Å². The molecular weight excluding hydrogens is 288 g/mol. The molecule has 0 saturated carbocycles. The second-order valence-electron chi connectivity index (χ2n) is 3.34. The fourth-order valence-electron chi connectivity index (χ4n) is 1.20. The predicted molar refractivity (Wildman–Crippen MR) is 74.0 cm³/mol. The van der Waals surface area contributed by atoms with Crippen molar-refractivity contribution < 1.29 is 0 Å². The van der Waals surface area contributed by atoms with E-state index in [9.17, 15) is 0 Å². The molecule has 8 nitrogen and oxygen atoms in total. The molecule has 0 aliphatic carbocycles. The van der Waals surface area contributed by atoms with Crippen LogP contribution in [-0.2, 0) is 0 Å². The SMILES string of the molecule is CCNc1nc(Cl)nc(Sc2nc(N)cc(N)n2)n1. The zero-order chi connectivity index (χ0) is 13.8. The van der Waals surface area contributed by atoms with Crippen molar-refractivity contribution in [2.24, 2.45) is 0 Å². The number of hydrogen-bond donors (Lipinski definition) is 3. The molecule has 0 saturated heterocycles. The minimum atomic E-state index is 0.0883. The molecule has 0 unspecified atom stereocenters. The molecular formula is C9H11ClN8S. The van der Waals surface area contributed by atoms with Crippen LogP contribution in [0.2, 0.25) is 5.28 Å². The van der Waals surface area contributed by atoms with Crippen molar-refractivity contribution in [3.8, 4) is 0 Å². The third-order valence-electron chi connectivity index (χ3n) is 1.85. The number of halogens is 1. The highest BCUT2D eigenvalue weighted by atomic mass is 35.5. The molecule has 2 rings (SSSR count). The molecule has 5 N–H and O–H groups in total. The number of nitrogens with two attached hydrogens (primary N) is 2. The fraction of sp³-hybridized carbons (Fsp3) is 0.222. The Hall–Kier alpha value is -1.87. The molecule has 2 aromatic rings. The van der Waals surface area contributed by atoms with Crippen LogP contribution < -0.4 is 16.8 Å². The van der Waals surface area contributed by atoms with Gasteiger partial charge < -0.3 is 16.8 Å². The average Bonchev–Trinajstić information content (AvgIpc) is 2.26. The molecule has 0 aromatic carbocycles. The van der Waals surface area contributed by atoms with Gasteiger partial charge in [0.05, 0.1) is 0 Å². The number of hydrogen-bond acceptors (Lipinski definition) is 9. The van der Waals surface area contributed by atoms with E-state index in [2.05, 4.69) is 30.2 Å². The average molecular weight is 299 g/mol. The number of aromatic nitrogens is 5. The number of nitrogens with one attached hydrogen (secondary N) is 1. The summed E-state index contributed by atoms with van der Waals surface area (Å²) in [5.74, 6) is 0.950. The molecule has 0 aliphatic heterocycles. The zero-order valence-electron chi connectivity index (χ0n) is 9.96. The van der Waals surface area contributed by atoms with Crippen LogP contribution in [-0.4, -0.2) is 31.5 Å². The smallest absolute Gasteiger partial charge is 0.228 e. The van der Waals surface area contributed by atoms with Gasteiger partial charge in [-0.3, -0.25) is 0 Å². The minimum absolute atomic E-state index is 0.0883. The third-order valence-corrected chi connectivity index (χ3v) is 2.75. The van der Waals surface area contributed by atoms with E-state index in [-0.39, 0.29) is 16.9 Å². The van der Waals surface area contributed by atoms with Crippen molar-refractivity contribution in [1.29, 1.82) is 0 Å². The van der Waals surface area contributed by atoms with Crippen LogP contribution in [0.4, 0.5) is 17.6 Å². The van der Waals surface area contributed by atoms with Crippen LogP contribution in [0.3, 0.4) is 0 Å². The van der Waals surface area contributed by atoms with Gasteiger partial charge in [-0.15, -0.1) is 0 Å². The molecule has 100 valence electrons. The standard InChI is InChI=1S/C9H11ClN8S/c1-2-13-7-16-6(10)17-9(18-7)19-8-14-4(11)3-5(12)15-8/h3H,2H2,1H3,(H4,11,12,14,15)(H,13,16,17,18). The lowest BCUT2D eigenvalue weighted by molar-refractivity contribution is 0.887. The lowest BCUT2D eigenvalue weighted by Crippen LogP contribution is -2.05. The summed E-state index contributed by atoms with van der Waals surface area (Å²) in [4.78, 5) is 20.1. The van der Waals surface area contributed by atoms with E-state index in [0.29, 0.717) is 22.8 Å². The molecule has 0 radical (unpaired) electrons. The van der Waals surface area contributed by atoms with Gasteiger partial charge in [-0.2, -0.15) is 15.0 Å². The van der Waals surface area contributed by atoms with Crippen molar-refractivity contribution in [1.82, 2.24) is 24.9 Å². The Morgan fingerprint density at radius 1 is 1.11 bits per heavy atom. The molecule has 0 atom stereocenters. The lowest BCUT2D eigenvalue weighted by Gasteiger charge is -2.04. The van der Waals surface area contributed by atoms with E-state index >= 15 is 0 Å². The van der Waals surface area contributed by atoms with Crippen LogP contribution in [0.1, 0.15) is 6.92 Å². The molecule has 19 heavy (non-hydrogen) atoms. The van der Waals surface area contributed by atoms with Crippen LogP contribution in [0, 0.1) is 0 Å². The van der Waals surface area contributed by atoms with Crippen LogP contribution in [0.15, 0.2) is 16.4 Å². The summed E-state index contributed by atoms with van der Waals surface area (Å²) in [7, 11) is 0. The maximum absolute atomic E-state index is 5.81. The summed E-state index contributed by atoms with van der Waals surface area (Å²) < 4.78 is 0. The van der Waals surface area contributed by atoms with Crippen LogP contribution in [0.25, 0.3) is 0 Å². The van der Waals surface area contributed by atoms with E-state index in [4.69, 9.17) is 23.1 Å². The Kier molecular flexibility index (Phi) is 4.17. The quantitative estimate of drug-likeness (QED) is 0.709. The largest absolute Gasteiger partial charge is 0.383 e. The number of nitrogens with zero attached hydrogens (tertiary/aromatic N) is 5. The molecule has 0 aliphatic rings. The maximum atomic E-state index is 5.81. The van der Waals surface area contributed by atoms with E-state index in [1.165, 1.54) is 6.07 Å². The number of rotatable bonds is 4. The Labute approximate surface area is 118 Å². The van der Waals surface area contributed by atoms with E-state index in [0.717, 1.165) is 11.8 Å². The van der Waals surface area contributed by atoms with Crippen molar-refractivity contribution >= 4 is 40.9 Å². The zero-order valence-corrected chi connectivity index (χ0v) is 11.5. The molecule has 0 bridgehead atoms. The van der Waals surface area contributed by atoms with Gasteiger partial charge in [0.25, 0.3) is 0 Å². The van der Waals surface area contributed by atoms with Gasteiger partial charge in [-0.25, -0.2) is 9.97 Å². The van der Waals surface area contributed by atoms with Crippen molar-refractivity contribution in [2.45, 2.75) is 17.2 Å². The van der Waals surface area contributed by atoms with Gasteiger partial charge >= 0.3 is 0 Å².